The molecule has 0 unspecified atom stereocenters. The first-order valence-corrected chi connectivity index (χ1v) is 9.19. The maximum Gasteiger partial charge on any atom is 0.351 e. The first-order valence-electron chi connectivity index (χ1n) is 8.37. The van der Waals surface area contributed by atoms with Crippen LogP contribution in [0, 0.1) is 13.8 Å². The second-order valence-corrected chi connectivity index (χ2v) is 7.18. The van der Waals surface area contributed by atoms with Crippen molar-refractivity contribution in [2.75, 3.05) is 13.7 Å². The van der Waals surface area contributed by atoms with Gasteiger partial charge in [-0.25, -0.2) is 9.78 Å². The Morgan fingerprint density at radius 2 is 1.81 bits per heavy atom. The van der Waals surface area contributed by atoms with E-state index in [1.165, 1.54) is 18.4 Å². The van der Waals surface area contributed by atoms with E-state index in [0.29, 0.717) is 21.9 Å². The van der Waals surface area contributed by atoms with Gasteiger partial charge < -0.3 is 9.47 Å². The quantitative estimate of drug-likeness (QED) is 0.465. The first-order chi connectivity index (χ1) is 13.0. The van der Waals surface area contributed by atoms with Gasteiger partial charge in [-0.3, -0.25) is 4.79 Å². The molecule has 0 atom stereocenters. The highest BCUT2D eigenvalue weighted by molar-refractivity contribution is 7.14. The van der Waals surface area contributed by atoms with Crippen LogP contribution in [0.15, 0.2) is 48.5 Å². The van der Waals surface area contributed by atoms with Crippen LogP contribution in [-0.4, -0.2) is 30.5 Å². The second-order valence-electron chi connectivity index (χ2n) is 5.98. The summed E-state index contributed by atoms with van der Waals surface area (Å²) in [6.45, 7) is 3.38. The van der Waals surface area contributed by atoms with E-state index in [4.69, 9.17) is 9.47 Å². The summed E-state index contributed by atoms with van der Waals surface area (Å²) in [6, 6.07) is 14.7. The zero-order valence-electron chi connectivity index (χ0n) is 15.3. The minimum absolute atomic E-state index is 0.317. The number of aryl methyl sites for hydroxylation is 2. The summed E-state index contributed by atoms with van der Waals surface area (Å²) in [4.78, 5) is 29.9. The molecule has 3 aromatic rings. The Morgan fingerprint density at radius 3 is 2.52 bits per heavy atom. The summed E-state index contributed by atoms with van der Waals surface area (Å²) in [6.07, 6.45) is 0. The van der Waals surface area contributed by atoms with E-state index in [0.717, 1.165) is 16.1 Å². The van der Waals surface area contributed by atoms with Crippen molar-refractivity contribution in [1.29, 1.82) is 0 Å². The lowest BCUT2D eigenvalue weighted by Crippen LogP contribution is -2.15. The molecule has 5 nitrogen and oxygen atoms in total. The molecule has 0 saturated carbocycles. The number of Topliss-reactive ketones (excluding diaryl/α,β-unsaturated/α-hetero) is 1. The molecule has 0 aliphatic carbocycles. The number of hydrogen-bond donors (Lipinski definition) is 0. The largest absolute Gasteiger partial charge is 0.496 e. The average Bonchev–Trinajstić information content (AvgIpc) is 3.08. The molecule has 3 rings (SSSR count). The topological polar surface area (TPSA) is 65.5 Å². The standard InChI is InChI=1S/C21H19NO4S/c1-13-9-10-16(18(11-13)25-3)17(23)12-26-21(24)20-19(22-14(2)27-20)15-7-5-4-6-8-15/h4-11H,12H2,1-3H3. The molecular weight excluding hydrogens is 362 g/mol. The number of ketones is 1. The predicted octanol–water partition coefficient (Wildman–Crippen LogP) is 4.48. The highest BCUT2D eigenvalue weighted by atomic mass is 32.1. The molecule has 6 heteroatoms. The van der Waals surface area contributed by atoms with E-state index >= 15 is 0 Å². The third-order valence-corrected chi connectivity index (χ3v) is 4.91. The van der Waals surface area contributed by atoms with Crippen LogP contribution >= 0.6 is 11.3 Å². The summed E-state index contributed by atoms with van der Waals surface area (Å²) >= 11 is 1.25. The normalized spacial score (nSPS) is 10.5. The Morgan fingerprint density at radius 1 is 1.07 bits per heavy atom. The lowest BCUT2D eigenvalue weighted by Gasteiger charge is -2.09. The molecule has 1 heterocycles. The van der Waals surface area contributed by atoms with Crippen LogP contribution < -0.4 is 4.74 Å². The van der Waals surface area contributed by atoms with Crippen LogP contribution in [-0.2, 0) is 4.74 Å². The van der Waals surface area contributed by atoms with E-state index < -0.39 is 5.97 Å². The fraction of sp³-hybridized carbons (Fsp3) is 0.190. The van der Waals surface area contributed by atoms with Gasteiger partial charge in [-0.2, -0.15) is 0 Å². The van der Waals surface area contributed by atoms with E-state index in [9.17, 15) is 9.59 Å². The summed E-state index contributed by atoms with van der Waals surface area (Å²) < 4.78 is 10.5. The third-order valence-electron chi connectivity index (χ3n) is 3.96. The fourth-order valence-electron chi connectivity index (χ4n) is 2.66. The maximum atomic E-state index is 12.6. The summed E-state index contributed by atoms with van der Waals surface area (Å²) in [5.41, 5.74) is 2.77. The fourth-order valence-corrected chi connectivity index (χ4v) is 3.50. The van der Waals surface area contributed by atoms with Crippen molar-refractivity contribution in [3.63, 3.8) is 0 Å². The summed E-state index contributed by atoms with van der Waals surface area (Å²) in [5.74, 6) is -0.406. The molecule has 138 valence electrons. The van der Waals surface area contributed by atoms with Gasteiger partial charge in [-0.05, 0) is 31.5 Å². The molecule has 0 bridgehead atoms. The molecule has 27 heavy (non-hydrogen) atoms. The Kier molecular flexibility index (Phi) is 5.66. The van der Waals surface area contributed by atoms with Crippen molar-refractivity contribution < 1.29 is 19.1 Å². The minimum atomic E-state index is -0.557. The molecule has 0 aliphatic heterocycles. The molecule has 2 aromatic carbocycles. The zero-order chi connectivity index (χ0) is 19.4. The number of ether oxygens (including phenoxy) is 2. The first kappa shape index (κ1) is 18.8. The molecule has 0 amide bonds. The Labute approximate surface area is 161 Å². The number of aromatic nitrogens is 1. The maximum absolute atomic E-state index is 12.6. The van der Waals surface area contributed by atoms with Crippen LogP contribution in [0.5, 0.6) is 5.75 Å². The van der Waals surface area contributed by atoms with Crippen LogP contribution in [0.4, 0.5) is 0 Å². The van der Waals surface area contributed by atoms with Crippen molar-refractivity contribution >= 4 is 23.1 Å². The van der Waals surface area contributed by atoms with Crippen molar-refractivity contribution in [1.82, 2.24) is 4.98 Å². The Hall–Kier alpha value is -2.99. The molecule has 0 fully saturated rings. The van der Waals surface area contributed by atoms with Crippen LogP contribution in [0.2, 0.25) is 0 Å². The van der Waals surface area contributed by atoms with E-state index in [1.807, 2.05) is 50.2 Å². The van der Waals surface area contributed by atoms with Crippen molar-refractivity contribution in [2.24, 2.45) is 0 Å². The van der Waals surface area contributed by atoms with Crippen molar-refractivity contribution in [3.8, 4) is 17.0 Å². The minimum Gasteiger partial charge on any atom is -0.496 e. The highest BCUT2D eigenvalue weighted by Crippen LogP contribution is 2.29. The van der Waals surface area contributed by atoms with Gasteiger partial charge in [0.15, 0.2) is 6.61 Å². The Bertz CT molecular complexity index is 979. The monoisotopic (exact) mass is 381 g/mol. The zero-order valence-corrected chi connectivity index (χ0v) is 16.1. The van der Waals surface area contributed by atoms with Crippen LogP contribution in [0.1, 0.15) is 30.6 Å². The van der Waals surface area contributed by atoms with Crippen LogP contribution in [0.3, 0.4) is 0 Å². The summed E-state index contributed by atoms with van der Waals surface area (Å²) in [5, 5.41) is 0.757. The van der Waals surface area contributed by atoms with Gasteiger partial charge in [0.25, 0.3) is 0 Å². The van der Waals surface area contributed by atoms with Gasteiger partial charge in [0.2, 0.25) is 5.78 Å². The third kappa shape index (κ3) is 4.23. The number of rotatable bonds is 6. The Balaban J connectivity index is 1.77. The van der Waals surface area contributed by atoms with Gasteiger partial charge in [0, 0.05) is 5.56 Å². The molecular formula is C21H19NO4S. The molecule has 0 saturated heterocycles. The predicted molar refractivity (Wildman–Crippen MR) is 105 cm³/mol. The SMILES string of the molecule is COc1cc(C)ccc1C(=O)COC(=O)c1sc(C)nc1-c1ccccc1. The molecule has 0 radical (unpaired) electrons. The van der Waals surface area contributed by atoms with E-state index in [2.05, 4.69) is 4.98 Å². The summed E-state index contributed by atoms with van der Waals surface area (Å²) in [7, 11) is 1.50. The molecule has 0 spiro atoms. The van der Waals surface area contributed by atoms with Crippen LogP contribution in [0.25, 0.3) is 11.3 Å². The van der Waals surface area contributed by atoms with Gasteiger partial charge in [0.1, 0.15) is 10.6 Å². The van der Waals surface area contributed by atoms with Gasteiger partial charge in [0.05, 0.1) is 23.4 Å². The number of thiazole rings is 1. The number of carbonyl (C=O) groups is 2. The van der Waals surface area contributed by atoms with Gasteiger partial charge in [-0.15, -0.1) is 11.3 Å². The molecule has 0 N–H and O–H groups in total. The molecule has 1 aromatic heterocycles. The lowest BCUT2D eigenvalue weighted by molar-refractivity contribution is 0.0479. The highest BCUT2D eigenvalue weighted by Gasteiger charge is 2.21. The van der Waals surface area contributed by atoms with Crippen molar-refractivity contribution in [2.45, 2.75) is 13.8 Å². The average molecular weight is 381 g/mol. The lowest BCUT2D eigenvalue weighted by atomic mass is 10.1. The van der Waals surface area contributed by atoms with Gasteiger partial charge in [-0.1, -0.05) is 36.4 Å². The van der Waals surface area contributed by atoms with E-state index in [-0.39, 0.29) is 12.4 Å². The van der Waals surface area contributed by atoms with Crippen molar-refractivity contribution in [3.05, 3.63) is 69.5 Å². The van der Waals surface area contributed by atoms with E-state index in [1.54, 1.807) is 12.1 Å². The smallest absolute Gasteiger partial charge is 0.351 e. The number of esters is 1. The number of benzene rings is 2. The number of hydrogen-bond acceptors (Lipinski definition) is 6. The second kappa shape index (κ2) is 8.14. The number of carbonyl (C=O) groups excluding carboxylic acids is 2. The number of methoxy groups -OCH3 is 1. The molecule has 0 aliphatic rings. The number of nitrogens with zero attached hydrogens (tertiary/aromatic N) is 1. The van der Waals surface area contributed by atoms with Gasteiger partial charge >= 0.3 is 5.97 Å².